The number of aryl methyl sites for hydroxylation is 1. The van der Waals surface area contributed by atoms with Crippen LogP contribution in [0, 0.1) is 6.92 Å². The van der Waals surface area contributed by atoms with E-state index in [4.69, 9.17) is 33.0 Å². The maximum absolute atomic E-state index is 11.2. The zero-order valence-corrected chi connectivity index (χ0v) is 12.2. The van der Waals surface area contributed by atoms with Crippen molar-refractivity contribution < 1.29 is 14.6 Å². The molecule has 0 spiro atoms. The van der Waals surface area contributed by atoms with E-state index in [1.807, 2.05) is 0 Å². The first-order valence-electron chi connectivity index (χ1n) is 5.89. The lowest BCUT2D eigenvalue weighted by Crippen LogP contribution is -2.05. The van der Waals surface area contributed by atoms with Crippen molar-refractivity contribution in [1.82, 2.24) is 0 Å². The summed E-state index contributed by atoms with van der Waals surface area (Å²) in [7, 11) is 0. The van der Waals surface area contributed by atoms with Gasteiger partial charge in [-0.05, 0) is 30.7 Å². The highest BCUT2D eigenvalue weighted by Gasteiger charge is 2.14. The Kier molecular flexibility index (Phi) is 4.53. The first-order valence-corrected chi connectivity index (χ1v) is 6.65. The molecule has 0 atom stereocenters. The van der Waals surface area contributed by atoms with Crippen LogP contribution in [0.15, 0.2) is 36.4 Å². The average molecular weight is 311 g/mol. The molecular formula is C15H12Cl2O3. The first kappa shape index (κ1) is 14.7. The van der Waals surface area contributed by atoms with Gasteiger partial charge in [0.2, 0.25) is 0 Å². The minimum atomic E-state index is -1.03. The van der Waals surface area contributed by atoms with Crippen LogP contribution in [0.5, 0.6) is 5.75 Å². The summed E-state index contributed by atoms with van der Waals surface area (Å²) in [4.78, 5) is 11.2. The van der Waals surface area contributed by atoms with E-state index < -0.39 is 5.97 Å². The van der Waals surface area contributed by atoms with Crippen molar-refractivity contribution in [3.63, 3.8) is 0 Å². The molecule has 2 aromatic rings. The van der Waals surface area contributed by atoms with Crippen molar-refractivity contribution in [2.24, 2.45) is 0 Å². The normalized spacial score (nSPS) is 10.3. The molecule has 1 N–H and O–H groups in total. The molecule has 104 valence electrons. The summed E-state index contributed by atoms with van der Waals surface area (Å²) in [6.45, 7) is 1.90. The lowest BCUT2D eigenvalue weighted by atomic mass is 10.1. The average Bonchev–Trinajstić information content (AvgIpc) is 2.39. The van der Waals surface area contributed by atoms with Crippen LogP contribution in [0.4, 0.5) is 0 Å². The number of hydrogen-bond acceptors (Lipinski definition) is 2. The van der Waals surface area contributed by atoms with Crippen molar-refractivity contribution in [2.45, 2.75) is 13.5 Å². The lowest BCUT2D eigenvalue weighted by molar-refractivity contribution is 0.0691. The van der Waals surface area contributed by atoms with Gasteiger partial charge in [-0.1, -0.05) is 41.4 Å². The van der Waals surface area contributed by atoms with Gasteiger partial charge in [0.05, 0.1) is 0 Å². The number of carbonyl (C=O) groups is 1. The summed E-state index contributed by atoms with van der Waals surface area (Å²) >= 11 is 12.1. The molecule has 0 unspecified atom stereocenters. The number of hydrogen-bond donors (Lipinski definition) is 1. The predicted octanol–water partition coefficient (Wildman–Crippen LogP) is 4.58. The Balaban J connectivity index is 2.30. The number of aromatic carboxylic acids is 1. The second kappa shape index (κ2) is 6.16. The summed E-state index contributed by atoms with van der Waals surface area (Å²) in [5, 5.41) is 10.1. The van der Waals surface area contributed by atoms with Gasteiger partial charge in [0.1, 0.15) is 17.9 Å². The molecule has 2 aromatic carbocycles. The highest BCUT2D eigenvalue weighted by Crippen LogP contribution is 2.28. The van der Waals surface area contributed by atoms with Gasteiger partial charge in [0.15, 0.2) is 0 Å². The molecule has 0 aromatic heterocycles. The number of halogens is 2. The van der Waals surface area contributed by atoms with Crippen LogP contribution in [-0.4, -0.2) is 11.1 Å². The smallest absolute Gasteiger partial charge is 0.339 e. The fourth-order valence-electron chi connectivity index (χ4n) is 1.83. The third kappa shape index (κ3) is 3.06. The largest absolute Gasteiger partial charge is 0.488 e. The van der Waals surface area contributed by atoms with Gasteiger partial charge in [-0.3, -0.25) is 0 Å². The topological polar surface area (TPSA) is 46.5 Å². The van der Waals surface area contributed by atoms with Gasteiger partial charge < -0.3 is 9.84 Å². The molecule has 20 heavy (non-hydrogen) atoms. The quantitative estimate of drug-likeness (QED) is 0.899. The summed E-state index contributed by atoms with van der Waals surface area (Å²) in [6, 6.07) is 10.1. The van der Waals surface area contributed by atoms with E-state index in [-0.39, 0.29) is 12.2 Å². The fourth-order valence-corrected chi connectivity index (χ4v) is 2.33. The number of para-hydroxylation sites is 1. The van der Waals surface area contributed by atoms with Crippen LogP contribution in [-0.2, 0) is 6.61 Å². The second-order valence-corrected chi connectivity index (χ2v) is 5.06. The van der Waals surface area contributed by atoms with Crippen LogP contribution in [0.1, 0.15) is 21.5 Å². The summed E-state index contributed by atoms with van der Waals surface area (Å²) in [5.41, 5.74) is 1.50. The minimum Gasteiger partial charge on any atom is -0.488 e. The van der Waals surface area contributed by atoms with Gasteiger partial charge in [0.25, 0.3) is 0 Å². The van der Waals surface area contributed by atoms with Crippen molar-refractivity contribution in [2.75, 3.05) is 0 Å². The SMILES string of the molecule is Cc1cccc(C(=O)O)c1OCc1c(Cl)cccc1Cl. The van der Waals surface area contributed by atoms with Crippen LogP contribution < -0.4 is 4.74 Å². The van der Waals surface area contributed by atoms with E-state index in [1.54, 1.807) is 37.3 Å². The summed E-state index contributed by atoms with van der Waals surface area (Å²) in [6.07, 6.45) is 0. The number of carboxylic acid groups (broad SMARTS) is 1. The third-order valence-electron chi connectivity index (χ3n) is 2.86. The maximum atomic E-state index is 11.2. The van der Waals surface area contributed by atoms with Crippen LogP contribution in [0.2, 0.25) is 10.0 Å². The zero-order valence-electron chi connectivity index (χ0n) is 10.7. The predicted molar refractivity (Wildman–Crippen MR) is 78.9 cm³/mol. The van der Waals surface area contributed by atoms with Crippen LogP contribution in [0.25, 0.3) is 0 Å². The Hall–Kier alpha value is -1.71. The number of carboxylic acids is 1. The Morgan fingerprint density at radius 1 is 1.15 bits per heavy atom. The molecule has 0 aliphatic rings. The monoisotopic (exact) mass is 310 g/mol. The molecule has 5 heteroatoms. The van der Waals surface area contributed by atoms with E-state index in [2.05, 4.69) is 0 Å². The lowest BCUT2D eigenvalue weighted by Gasteiger charge is -2.13. The van der Waals surface area contributed by atoms with Gasteiger partial charge in [-0.2, -0.15) is 0 Å². The second-order valence-electron chi connectivity index (χ2n) is 4.25. The minimum absolute atomic E-state index is 0.115. The molecule has 0 bridgehead atoms. The van der Waals surface area contributed by atoms with Crippen molar-refractivity contribution >= 4 is 29.2 Å². The van der Waals surface area contributed by atoms with Crippen LogP contribution in [0.3, 0.4) is 0 Å². The highest BCUT2D eigenvalue weighted by molar-refractivity contribution is 6.35. The zero-order chi connectivity index (χ0) is 14.7. The maximum Gasteiger partial charge on any atom is 0.339 e. The summed E-state index contributed by atoms with van der Waals surface area (Å²) < 4.78 is 5.63. The van der Waals surface area contributed by atoms with E-state index in [9.17, 15) is 4.79 Å². The molecule has 0 fully saturated rings. The molecule has 0 aliphatic heterocycles. The fraction of sp³-hybridized carbons (Fsp3) is 0.133. The molecule has 3 nitrogen and oxygen atoms in total. The number of benzene rings is 2. The molecule has 2 rings (SSSR count). The van der Waals surface area contributed by atoms with Crippen molar-refractivity contribution in [1.29, 1.82) is 0 Å². The van der Waals surface area contributed by atoms with E-state index in [1.165, 1.54) is 6.07 Å². The number of rotatable bonds is 4. The van der Waals surface area contributed by atoms with Gasteiger partial charge in [-0.25, -0.2) is 4.79 Å². The Morgan fingerprint density at radius 2 is 1.75 bits per heavy atom. The highest BCUT2D eigenvalue weighted by atomic mass is 35.5. The van der Waals surface area contributed by atoms with E-state index in [0.717, 1.165) is 5.56 Å². The van der Waals surface area contributed by atoms with Gasteiger partial charge >= 0.3 is 5.97 Å². The standard InChI is InChI=1S/C15H12Cl2O3/c1-9-4-2-5-10(15(18)19)14(9)20-8-11-12(16)6-3-7-13(11)17/h2-7H,8H2,1H3,(H,18,19). The number of ether oxygens (including phenoxy) is 1. The molecule has 0 saturated heterocycles. The molecule has 0 heterocycles. The van der Waals surface area contributed by atoms with Crippen LogP contribution >= 0.6 is 23.2 Å². The van der Waals surface area contributed by atoms with Crippen molar-refractivity contribution in [3.05, 3.63) is 63.1 Å². The Bertz CT molecular complexity index is 633. The van der Waals surface area contributed by atoms with Gasteiger partial charge in [-0.15, -0.1) is 0 Å². The van der Waals surface area contributed by atoms with Crippen molar-refractivity contribution in [3.8, 4) is 5.75 Å². The van der Waals surface area contributed by atoms with E-state index in [0.29, 0.717) is 21.4 Å². The molecule has 0 amide bonds. The molecule has 0 radical (unpaired) electrons. The first-order chi connectivity index (χ1) is 9.50. The molecule has 0 aliphatic carbocycles. The van der Waals surface area contributed by atoms with E-state index >= 15 is 0 Å². The van der Waals surface area contributed by atoms with Gasteiger partial charge in [0, 0.05) is 15.6 Å². The summed E-state index contributed by atoms with van der Waals surface area (Å²) in [5.74, 6) is -0.704. The molecular weight excluding hydrogens is 299 g/mol. The third-order valence-corrected chi connectivity index (χ3v) is 3.57. The molecule has 0 saturated carbocycles. The Morgan fingerprint density at radius 3 is 2.35 bits per heavy atom. The Labute approximate surface area is 126 Å².